The molecule has 51 heavy (non-hydrogen) atoms. The Hall–Kier alpha value is -5.92. The highest BCUT2D eigenvalue weighted by Crippen LogP contribution is 2.49. The first-order valence-corrected chi connectivity index (χ1v) is 18.0. The molecule has 0 spiro atoms. The lowest BCUT2D eigenvalue weighted by atomic mass is 9.81. The molecule has 0 fully saturated rings. The number of rotatable bonds is 5. The van der Waals surface area contributed by atoms with E-state index in [0.717, 1.165) is 0 Å². The molecule has 0 unspecified atom stereocenters. The minimum atomic E-state index is -0.0153. The largest absolute Gasteiger partial charge is 0.314 e. The van der Waals surface area contributed by atoms with Crippen LogP contribution < -0.4 is 0 Å². The number of fused-ring (bicyclic) bond motifs is 6. The summed E-state index contributed by atoms with van der Waals surface area (Å²) in [6, 6.07) is 49.9. The first-order chi connectivity index (χ1) is 24.8. The molecule has 7 aromatic carbocycles. The third kappa shape index (κ3) is 4.99. The summed E-state index contributed by atoms with van der Waals surface area (Å²) >= 11 is 0. The zero-order chi connectivity index (χ0) is 34.9. The molecule has 1 heterocycles. The summed E-state index contributed by atoms with van der Waals surface area (Å²) in [6.45, 7) is 11.3. The molecule has 1 heteroatoms. The van der Waals surface area contributed by atoms with E-state index < -0.39 is 0 Å². The molecule has 0 saturated carbocycles. The van der Waals surface area contributed by atoms with E-state index in [-0.39, 0.29) is 5.41 Å². The lowest BCUT2D eigenvalue weighted by Gasteiger charge is -2.22. The monoisotopic (exact) mass is 655 g/mol. The van der Waals surface area contributed by atoms with Crippen molar-refractivity contribution in [1.82, 2.24) is 4.57 Å². The van der Waals surface area contributed by atoms with Gasteiger partial charge in [0.2, 0.25) is 0 Å². The van der Waals surface area contributed by atoms with Crippen LogP contribution in [0.3, 0.4) is 0 Å². The van der Waals surface area contributed by atoms with Gasteiger partial charge >= 0.3 is 0 Å². The highest BCUT2D eigenvalue weighted by molar-refractivity contribution is 6.02. The zero-order valence-electron chi connectivity index (χ0n) is 30.0. The normalized spacial score (nSPS) is 13.6. The van der Waals surface area contributed by atoms with Gasteiger partial charge in [-0.3, -0.25) is 0 Å². The molecule has 0 radical (unpaired) electrons. The minimum absolute atomic E-state index is 0.0153. The molecular formula is C50H41N. The van der Waals surface area contributed by atoms with E-state index in [4.69, 9.17) is 0 Å². The summed E-state index contributed by atoms with van der Waals surface area (Å²) in [5, 5.41) is 6.33. The molecule has 0 aliphatic heterocycles. The van der Waals surface area contributed by atoms with Crippen molar-refractivity contribution >= 4 is 38.5 Å². The molecule has 8 aromatic rings. The molecule has 0 N–H and O–H groups in total. The van der Waals surface area contributed by atoms with Gasteiger partial charge in [0, 0.05) is 22.2 Å². The SMILES string of the molecule is C/C=C\C=C/c1cc(-n2c(C)c(C)c3cc4cc(-c5ccc6c(c5)C(C)(C)c5ccccc5-6)ccc4cc32)ccc1-c1ccc2ccccc2c1. The molecule has 1 aliphatic carbocycles. The maximum Gasteiger partial charge on any atom is 0.0540 e. The van der Waals surface area contributed by atoms with Gasteiger partial charge in [0.25, 0.3) is 0 Å². The number of nitrogens with zero attached hydrogens (tertiary/aromatic N) is 1. The van der Waals surface area contributed by atoms with Crippen molar-refractivity contribution in [1.29, 1.82) is 0 Å². The third-order valence-corrected chi connectivity index (χ3v) is 11.3. The lowest BCUT2D eigenvalue weighted by molar-refractivity contribution is 0.660. The van der Waals surface area contributed by atoms with Crippen molar-refractivity contribution in [3.8, 4) is 39.1 Å². The van der Waals surface area contributed by atoms with E-state index in [0.29, 0.717) is 0 Å². The highest BCUT2D eigenvalue weighted by atomic mass is 15.0. The average Bonchev–Trinajstić information content (AvgIpc) is 3.54. The van der Waals surface area contributed by atoms with Crippen LogP contribution in [-0.2, 0) is 5.41 Å². The fraction of sp³-hybridized carbons (Fsp3) is 0.120. The number of benzene rings is 7. The van der Waals surface area contributed by atoms with Gasteiger partial charge in [-0.1, -0.05) is 129 Å². The number of aryl methyl sites for hydroxylation is 1. The minimum Gasteiger partial charge on any atom is -0.314 e. The van der Waals surface area contributed by atoms with Crippen LogP contribution in [0, 0.1) is 13.8 Å². The second kappa shape index (κ2) is 11.9. The van der Waals surface area contributed by atoms with Crippen LogP contribution >= 0.6 is 0 Å². The molecule has 1 aromatic heterocycles. The van der Waals surface area contributed by atoms with Gasteiger partial charge in [0.1, 0.15) is 0 Å². The lowest BCUT2D eigenvalue weighted by Crippen LogP contribution is -2.14. The Bertz CT molecular complexity index is 2750. The first-order valence-electron chi connectivity index (χ1n) is 18.0. The number of aromatic nitrogens is 1. The Kier molecular flexibility index (Phi) is 7.22. The van der Waals surface area contributed by atoms with E-state index in [1.165, 1.54) is 99.5 Å². The van der Waals surface area contributed by atoms with Crippen LogP contribution in [0.2, 0.25) is 0 Å². The van der Waals surface area contributed by atoms with E-state index >= 15 is 0 Å². The molecule has 0 atom stereocenters. The van der Waals surface area contributed by atoms with Crippen LogP contribution in [-0.4, -0.2) is 4.57 Å². The Morgan fingerprint density at radius 3 is 2.06 bits per heavy atom. The average molecular weight is 656 g/mol. The number of allylic oxidation sites excluding steroid dienone is 3. The second-order valence-electron chi connectivity index (χ2n) is 14.6. The number of hydrogen-bond donors (Lipinski definition) is 0. The Morgan fingerprint density at radius 1 is 0.529 bits per heavy atom. The fourth-order valence-corrected chi connectivity index (χ4v) is 8.43. The summed E-state index contributed by atoms with van der Waals surface area (Å²) in [4.78, 5) is 0. The third-order valence-electron chi connectivity index (χ3n) is 11.3. The summed E-state index contributed by atoms with van der Waals surface area (Å²) < 4.78 is 2.44. The Morgan fingerprint density at radius 2 is 1.20 bits per heavy atom. The Balaban J connectivity index is 1.14. The predicted octanol–water partition coefficient (Wildman–Crippen LogP) is 13.8. The standard InChI is InChI=1S/C50H41N/c1-6-7-8-15-39-28-42(23-25-43(39)40-21-18-34-13-9-10-14-35(34)26-40)51-33(3)32(2)46-29-41-27-36(19-20-38(41)31-49(46)51)37-22-24-45-44-16-11-12-17-47(44)50(4,5)48(45)30-37/h6-31H,1-5H3/b7-6-,15-8-. The van der Waals surface area contributed by atoms with Gasteiger partial charge in [-0.15, -0.1) is 0 Å². The smallest absolute Gasteiger partial charge is 0.0540 e. The molecule has 9 rings (SSSR count). The number of hydrogen-bond acceptors (Lipinski definition) is 0. The van der Waals surface area contributed by atoms with Crippen LogP contribution in [0.15, 0.2) is 152 Å². The summed E-state index contributed by atoms with van der Waals surface area (Å²) in [5.74, 6) is 0. The zero-order valence-corrected chi connectivity index (χ0v) is 30.0. The highest BCUT2D eigenvalue weighted by Gasteiger charge is 2.35. The van der Waals surface area contributed by atoms with Gasteiger partial charge in [0.15, 0.2) is 0 Å². The van der Waals surface area contributed by atoms with Crippen molar-refractivity contribution in [3.05, 3.63) is 180 Å². The van der Waals surface area contributed by atoms with Crippen molar-refractivity contribution in [2.24, 2.45) is 0 Å². The predicted molar refractivity (Wildman–Crippen MR) is 220 cm³/mol. The molecule has 0 saturated heterocycles. The molecule has 0 bridgehead atoms. The first kappa shape index (κ1) is 31.1. The molecule has 246 valence electrons. The van der Waals surface area contributed by atoms with Crippen LogP contribution in [0.5, 0.6) is 0 Å². The van der Waals surface area contributed by atoms with Gasteiger partial charge in [0.05, 0.1) is 5.52 Å². The molecule has 0 amide bonds. The maximum atomic E-state index is 2.44. The van der Waals surface area contributed by atoms with E-state index in [1.54, 1.807) is 0 Å². The van der Waals surface area contributed by atoms with Crippen LogP contribution in [0.1, 0.15) is 48.7 Å². The van der Waals surface area contributed by atoms with Gasteiger partial charge in [-0.2, -0.15) is 0 Å². The van der Waals surface area contributed by atoms with Crippen molar-refractivity contribution in [3.63, 3.8) is 0 Å². The summed E-state index contributed by atoms with van der Waals surface area (Å²) in [7, 11) is 0. The van der Waals surface area contributed by atoms with E-state index in [1.807, 2.05) is 0 Å². The molecule has 1 aliphatic rings. The van der Waals surface area contributed by atoms with Gasteiger partial charge < -0.3 is 4.57 Å². The Labute approximate surface area is 300 Å². The van der Waals surface area contributed by atoms with Crippen LogP contribution in [0.25, 0.3) is 77.6 Å². The maximum absolute atomic E-state index is 2.44. The molecular weight excluding hydrogens is 615 g/mol. The van der Waals surface area contributed by atoms with Crippen molar-refractivity contribution in [2.45, 2.75) is 40.0 Å². The van der Waals surface area contributed by atoms with Gasteiger partial charge in [-0.25, -0.2) is 0 Å². The quantitative estimate of drug-likeness (QED) is 0.163. The fourth-order valence-electron chi connectivity index (χ4n) is 8.43. The topological polar surface area (TPSA) is 4.93 Å². The summed E-state index contributed by atoms with van der Waals surface area (Å²) in [6.07, 6.45) is 8.54. The van der Waals surface area contributed by atoms with Crippen molar-refractivity contribution in [2.75, 3.05) is 0 Å². The van der Waals surface area contributed by atoms with E-state index in [2.05, 4.69) is 197 Å². The van der Waals surface area contributed by atoms with Crippen LogP contribution in [0.4, 0.5) is 0 Å². The molecule has 1 nitrogen and oxygen atoms in total. The second-order valence-corrected chi connectivity index (χ2v) is 14.6. The van der Waals surface area contributed by atoms with Crippen molar-refractivity contribution < 1.29 is 0 Å². The van der Waals surface area contributed by atoms with E-state index in [9.17, 15) is 0 Å². The summed E-state index contributed by atoms with van der Waals surface area (Å²) in [5.41, 5.74) is 16.7. The van der Waals surface area contributed by atoms with Gasteiger partial charge in [-0.05, 0) is 140 Å².